The first kappa shape index (κ1) is 46.5. The maximum Gasteiger partial charge on any atom is 0.415 e. The number of aliphatic hydroxyl groups excluding tert-OH is 1. The number of aliphatic carboxylic acids is 2. The summed E-state index contributed by atoms with van der Waals surface area (Å²) in [4.78, 5) is 32.3. The predicted octanol–water partition coefficient (Wildman–Crippen LogP) is 8.43. The molecule has 12 heteroatoms. The summed E-state index contributed by atoms with van der Waals surface area (Å²) >= 11 is 0. The topological polar surface area (TPSA) is 164 Å². The number of hydrogen-bond donors (Lipinski definition) is 3. The fraction of sp³-hybridized carbons (Fsp3) is 0.188. The third-order valence-electron chi connectivity index (χ3n) is 9.58. The number of aldehydes is 1. The number of benzene rings is 6. The molecule has 0 aliphatic heterocycles. The van der Waals surface area contributed by atoms with E-state index >= 15 is 0 Å². The number of ether oxygens (including phenoxy) is 2. The van der Waals surface area contributed by atoms with Gasteiger partial charge in [0.05, 0.1) is 0 Å². The summed E-state index contributed by atoms with van der Waals surface area (Å²) < 4.78 is 37.2. The Morgan fingerprint density at radius 3 is 1.35 bits per heavy atom. The molecule has 0 fully saturated rings. The van der Waals surface area contributed by atoms with Crippen LogP contribution in [0.5, 0.6) is 11.5 Å². The van der Waals surface area contributed by atoms with Crippen LogP contribution in [0.15, 0.2) is 133 Å². The summed E-state index contributed by atoms with van der Waals surface area (Å²) in [5.41, 5.74) is 5.57. The molecule has 6 aromatic rings. The van der Waals surface area contributed by atoms with Crippen molar-refractivity contribution in [3.05, 3.63) is 178 Å². The van der Waals surface area contributed by atoms with Gasteiger partial charge in [0.2, 0.25) is 0 Å². The van der Waals surface area contributed by atoms with Gasteiger partial charge >= 0.3 is 19.7 Å². The van der Waals surface area contributed by atoms with Gasteiger partial charge in [0.15, 0.2) is 37.3 Å². The minimum atomic E-state index is -3.48. The molecule has 0 bridgehead atoms. The van der Waals surface area contributed by atoms with Crippen molar-refractivity contribution >= 4 is 54.4 Å². The van der Waals surface area contributed by atoms with Crippen molar-refractivity contribution in [2.24, 2.45) is 0 Å². The van der Waals surface area contributed by atoms with Crippen LogP contribution in [0.25, 0.3) is 0 Å². The molecule has 1 atom stereocenters. The van der Waals surface area contributed by atoms with E-state index < -0.39 is 45.9 Å². The lowest BCUT2D eigenvalue weighted by atomic mass is 9.99. The van der Waals surface area contributed by atoms with E-state index in [0.717, 1.165) is 39.1 Å². The largest absolute Gasteiger partial charge is 0.481 e. The number of carboxylic acids is 2. The molecular formula is C48H49O10P2+. The first-order valence-electron chi connectivity index (χ1n) is 18.9. The molecule has 3 N–H and O–H groups in total. The second-order valence-corrected chi connectivity index (χ2v) is 18.4. The SMILES string of the molecule is Cc1cc(C)c(C(O)P(=O)(c2ccccc2)c2ccccc2)c(C)c1OCC(=O)O.Cc1cc(C)c(OCC(=O)O)c(C)c1C=O.O=[P+](c1ccccc1)c1ccccc1. The van der Waals surface area contributed by atoms with Crippen molar-refractivity contribution in [3.63, 3.8) is 0 Å². The van der Waals surface area contributed by atoms with Crippen LogP contribution in [0.1, 0.15) is 55.1 Å². The molecule has 60 heavy (non-hydrogen) atoms. The predicted molar refractivity (Wildman–Crippen MR) is 237 cm³/mol. The summed E-state index contributed by atoms with van der Waals surface area (Å²) in [6.45, 7) is 9.95. The Labute approximate surface area is 351 Å². The number of aliphatic hydroxyl groups is 1. The summed E-state index contributed by atoms with van der Waals surface area (Å²) in [7, 11) is -4.90. The van der Waals surface area contributed by atoms with Gasteiger partial charge in [0, 0.05) is 21.7 Å². The van der Waals surface area contributed by atoms with Gasteiger partial charge in [-0.1, -0.05) is 114 Å². The lowest BCUT2D eigenvalue weighted by Gasteiger charge is -2.28. The molecule has 0 radical (unpaired) electrons. The minimum Gasteiger partial charge on any atom is -0.481 e. The van der Waals surface area contributed by atoms with Crippen molar-refractivity contribution in [1.29, 1.82) is 0 Å². The standard InChI is InChI=1S/C24H25O5P.C12H14O4.C12H10OP/c1-16-14-17(2)23(29-15-21(25)26)18(3)22(16)24(27)30(28,19-10-6-4-7-11-19)20-12-8-5-9-13-20;1-7-4-8(2)12(16-6-11(14)15)9(3)10(7)5-13;13-14(11-7-3-1-4-8-11)12-9-5-2-6-10-12/h4-14,24,27H,15H2,1-3H3,(H,25,26);4-5H,6H2,1-3H3,(H,14,15);1-10H/q;;+1. The highest BCUT2D eigenvalue weighted by Gasteiger charge is 2.39. The van der Waals surface area contributed by atoms with E-state index in [4.69, 9.17) is 19.7 Å². The number of carbonyl (C=O) groups excluding carboxylic acids is 1. The van der Waals surface area contributed by atoms with Crippen LogP contribution in [0.3, 0.4) is 0 Å². The van der Waals surface area contributed by atoms with Gasteiger partial charge in [-0.05, 0) is 99.2 Å². The van der Waals surface area contributed by atoms with Crippen LogP contribution in [0.4, 0.5) is 0 Å². The lowest BCUT2D eigenvalue weighted by Crippen LogP contribution is -2.22. The van der Waals surface area contributed by atoms with Crippen molar-refractivity contribution in [2.75, 3.05) is 13.2 Å². The molecule has 0 aliphatic rings. The normalized spacial score (nSPS) is 11.1. The van der Waals surface area contributed by atoms with Gasteiger partial charge in [0.25, 0.3) is 0 Å². The summed E-state index contributed by atoms with van der Waals surface area (Å²) in [6.07, 6.45) is 0.762. The Hall–Kier alpha value is -6.18. The maximum absolute atomic E-state index is 14.5. The fourth-order valence-corrected chi connectivity index (χ4v) is 10.9. The first-order valence-corrected chi connectivity index (χ1v) is 22.0. The molecule has 0 heterocycles. The van der Waals surface area contributed by atoms with Gasteiger partial charge in [-0.15, -0.1) is 0 Å². The number of carboxylic acid groups (broad SMARTS) is 2. The first-order chi connectivity index (χ1) is 28.6. The Morgan fingerprint density at radius 1 is 0.600 bits per heavy atom. The van der Waals surface area contributed by atoms with E-state index in [-0.39, 0.29) is 0 Å². The van der Waals surface area contributed by atoms with Gasteiger partial charge in [-0.25, -0.2) is 9.59 Å². The molecule has 6 rings (SSSR count). The maximum atomic E-state index is 14.5. The molecule has 0 amide bonds. The monoisotopic (exact) mass is 847 g/mol. The van der Waals surface area contributed by atoms with Crippen LogP contribution in [-0.2, 0) is 18.7 Å². The van der Waals surface area contributed by atoms with Crippen LogP contribution in [0, 0.1) is 41.5 Å². The van der Waals surface area contributed by atoms with Crippen molar-refractivity contribution in [3.8, 4) is 11.5 Å². The van der Waals surface area contributed by atoms with Crippen molar-refractivity contribution < 1.29 is 48.3 Å². The van der Waals surface area contributed by atoms with E-state index in [9.17, 15) is 28.6 Å². The molecule has 10 nitrogen and oxygen atoms in total. The summed E-state index contributed by atoms with van der Waals surface area (Å²) in [6, 6.07) is 40.6. The molecule has 0 aromatic heterocycles. The van der Waals surface area contributed by atoms with Crippen LogP contribution in [-0.4, -0.2) is 46.8 Å². The highest BCUT2D eigenvalue weighted by atomic mass is 31.2. The highest BCUT2D eigenvalue weighted by Crippen LogP contribution is 2.57. The van der Waals surface area contributed by atoms with Crippen LogP contribution < -0.4 is 30.7 Å². The van der Waals surface area contributed by atoms with Crippen molar-refractivity contribution in [1.82, 2.24) is 0 Å². The van der Waals surface area contributed by atoms with Gasteiger partial charge in [0.1, 0.15) is 17.3 Å². The zero-order chi connectivity index (χ0) is 44.0. The number of aryl methyl sites for hydroxylation is 4. The molecule has 0 aliphatic carbocycles. The molecule has 6 aromatic carbocycles. The zero-order valence-corrected chi connectivity index (χ0v) is 36.2. The highest BCUT2D eigenvalue weighted by molar-refractivity contribution is 7.78. The molecule has 310 valence electrons. The van der Waals surface area contributed by atoms with E-state index in [1.807, 2.05) is 113 Å². The molecular weight excluding hydrogens is 798 g/mol. The zero-order valence-electron chi connectivity index (χ0n) is 34.4. The lowest BCUT2D eigenvalue weighted by molar-refractivity contribution is -0.140. The average Bonchev–Trinajstić information content (AvgIpc) is 3.24. The summed E-state index contributed by atoms with van der Waals surface area (Å²) in [5.74, 6) is -2.56. The Morgan fingerprint density at radius 2 is 0.967 bits per heavy atom. The fourth-order valence-electron chi connectivity index (χ4n) is 6.84. The number of hydrogen-bond acceptors (Lipinski definition) is 8. The van der Waals surface area contributed by atoms with Gasteiger partial charge in [-0.2, -0.15) is 0 Å². The minimum absolute atomic E-state index is 0.393. The van der Waals surface area contributed by atoms with Crippen LogP contribution >= 0.6 is 14.9 Å². The smallest absolute Gasteiger partial charge is 0.415 e. The number of rotatable bonds is 13. The Bertz CT molecular complexity index is 2390. The second kappa shape index (κ2) is 21.7. The average molecular weight is 848 g/mol. The molecule has 0 saturated carbocycles. The number of carbonyl (C=O) groups is 3. The van der Waals surface area contributed by atoms with Crippen molar-refractivity contribution in [2.45, 2.75) is 47.4 Å². The van der Waals surface area contributed by atoms with Gasteiger partial charge < -0.3 is 29.4 Å². The second-order valence-electron chi connectivity index (χ2n) is 13.9. The molecule has 0 saturated heterocycles. The van der Waals surface area contributed by atoms with E-state index in [0.29, 0.717) is 44.4 Å². The quantitative estimate of drug-likeness (QED) is 0.0759. The van der Waals surface area contributed by atoms with E-state index in [1.165, 1.54) is 0 Å². The van der Waals surface area contributed by atoms with Gasteiger partial charge in [-0.3, -0.25) is 4.79 Å². The molecule has 0 spiro atoms. The third-order valence-corrected chi connectivity index (χ3v) is 14.2. The third kappa shape index (κ3) is 11.5. The summed E-state index contributed by atoms with van der Waals surface area (Å²) in [5, 5.41) is 32.0. The van der Waals surface area contributed by atoms with E-state index in [1.54, 1.807) is 62.4 Å². The Kier molecular flexibility index (Phi) is 16.8. The van der Waals surface area contributed by atoms with Crippen LogP contribution in [0.2, 0.25) is 0 Å². The van der Waals surface area contributed by atoms with E-state index in [2.05, 4.69) is 0 Å². The Balaban J connectivity index is 0.000000221. The molecule has 1 unspecified atom stereocenters.